The number of hydrogen-bond donors (Lipinski definition) is 1. The molecule has 1 heterocycles. The van der Waals surface area contributed by atoms with Crippen LogP contribution in [0.15, 0.2) is 22.7 Å². The molecule has 104 valence electrons. The van der Waals surface area contributed by atoms with Gasteiger partial charge in [0.05, 0.1) is 5.56 Å². The van der Waals surface area contributed by atoms with Crippen molar-refractivity contribution in [3.8, 4) is 0 Å². The third-order valence-corrected chi connectivity index (χ3v) is 4.26. The van der Waals surface area contributed by atoms with Crippen molar-refractivity contribution in [1.82, 2.24) is 9.80 Å². The Balaban J connectivity index is 2.17. The maximum Gasteiger partial charge on any atom is 0.256 e. The average molecular weight is 326 g/mol. The Morgan fingerprint density at radius 3 is 2.63 bits per heavy atom. The predicted octanol–water partition coefficient (Wildman–Crippen LogP) is 2.05. The molecule has 0 aliphatic carbocycles. The molecule has 2 N–H and O–H groups in total. The number of nitrogen functional groups attached to an aromatic ring is 1. The van der Waals surface area contributed by atoms with Gasteiger partial charge in [-0.1, -0.05) is 22.9 Å². The van der Waals surface area contributed by atoms with Crippen LogP contribution in [0.4, 0.5) is 5.69 Å². The summed E-state index contributed by atoms with van der Waals surface area (Å²) in [6, 6.07) is 5.83. The molecule has 2 unspecified atom stereocenters. The van der Waals surface area contributed by atoms with Crippen LogP contribution >= 0.6 is 15.9 Å². The van der Waals surface area contributed by atoms with E-state index in [4.69, 9.17) is 5.73 Å². The molecule has 0 spiro atoms. The van der Waals surface area contributed by atoms with Crippen LogP contribution in [0.1, 0.15) is 17.3 Å². The lowest BCUT2D eigenvalue weighted by Gasteiger charge is -2.22. The molecule has 0 bridgehead atoms. The highest BCUT2D eigenvalue weighted by molar-refractivity contribution is 9.10. The van der Waals surface area contributed by atoms with Crippen molar-refractivity contribution in [1.29, 1.82) is 0 Å². The normalized spacial score (nSPS) is 23.1. The zero-order valence-corrected chi connectivity index (χ0v) is 13.1. The van der Waals surface area contributed by atoms with Crippen molar-refractivity contribution in [3.63, 3.8) is 0 Å². The molecule has 0 aromatic heterocycles. The van der Waals surface area contributed by atoms with Gasteiger partial charge < -0.3 is 15.5 Å². The lowest BCUT2D eigenvalue weighted by molar-refractivity contribution is 0.0782. The Morgan fingerprint density at radius 2 is 2.11 bits per heavy atom. The fourth-order valence-electron chi connectivity index (χ4n) is 2.69. The standard InChI is InChI=1S/C14H20BrN3O/c1-9-7-18(8-13(9)17(2)3)14(19)11-5-4-10(15)6-12(11)16/h4-6,9,13H,7-8,16H2,1-3H3. The Hall–Kier alpha value is -1.07. The maximum atomic E-state index is 12.5. The van der Waals surface area contributed by atoms with Crippen molar-refractivity contribution >= 4 is 27.5 Å². The molecule has 0 radical (unpaired) electrons. The van der Waals surface area contributed by atoms with Gasteiger partial charge in [0, 0.05) is 29.3 Å². The summed E-state index contributed by atoms with van der Waals surface area (Å²) in [6.45, 7) is 3.74. The maximum absolute atomic E-state index is 12.5. The number of likely N-dealkylation sites (tertiary alicyclic amines) is 1. The highest BCUT2D eigenvalue weighted by atomic mass is 79.9. The van der Waals surface area contributed by atoms with E-state index >= 15 is 0 Å². The van der Waals surface area contributed by atoms with Gasteiger partial charge in [-0.2, -0.15) is 0 Å². The summed E-state index contributed by atoms with van der Waals surface area (Å²) in [5.41, 5.74) is 7.05. The van der Waals surface area contributed by atoms with Crippen LogP contribution in [0, 0.1) is 5.92 Å². The van der Waals surface area contributed by atoms with Gasteiger partial charge in [-0.25, -0.2) is 0 Å². The van der Waals surface area contributed by atoms with Crippen molar-refractivity contribution in [2.75, 3.05) is 32.9 Å². The first-order valence-corrected chi connectivity index (χ1v) is 7.20. The number of rotatable bonds is 2. The number of likely N-dealkylation sites (N-methyl/N-ethyl adjacent to an activating group) is 1. The van der Waals surface area contributed by atoms with Gasteiger partial charge in [0.15, 0.2) is 0 Å². The summed E-state index contributed by atoms with van der Waals surface area (Å²) >= 11 is 3.36. The summed E-state index contributed by atoms with van der Waals surface area (Å²) in [6.07, 6.45) is 0. The molecule has 4 nitrogen and oxygen atoms in total. The minimum Gasteiger partial charge on any atom is -0.398 e. The van der Waals surface area contributed by atoms with Crippen molar-refractivity contribution < 1.29 is 4.79 Å². The molecule has 19 heavy (non-hydrogen) atoms. The molecule has 1 saturated heterocycles. The van der Waals surface area contributed by atoms with Crippen LogP contribution in [0.2, 0.25) is 0 Å². The number of nitrogens with zero attached hydrogens (tertiary/aromatic N) is 2. The lowest BCUT2D eigenvalue weighted by Crippen LogP contribution is -2.36. The quantitative estimate of drug-likeness (QED) is 0.847. The van der Waals surface area contributed by atoms with Gasteiger partial charge in [0.2, 0.25) is 0 Å². The van der Waals surface area contributed by atoms with Gasteiger partial charge in [0.25, 0.3) is 5.91 Å². The van der Waals surface area contributed by atoms with Gasteiger partial charge in [-0.05, 0) is 38.2 Å². The first kappa shape index (κ1) is 14.3. The summed E-state index contributed by atoms with van der Waals surface area (Å²) < 4.78 is 0.891. The van der Waals surface area contributed by atoms with E-state index in [-0.39, 0.29) is 5.91 Å². The number of benzene rings is 1. The van der Waals surface area contributed by atoms with Crippen LogP contribution in [0.5, 0.6) is 0 Å². The Bertz CT molecular complexity index is 490. The Labute approximate surface area is 122 Å². The fourth-order valence-corrected chi connectivity index (χ4v) is 3.07. The Morgan fingerprint density at radius 1 is 1.42 bits per heavy atom. The first-order chi connectivity index (χ1) is 8.90. The molecule has 1 aliphatic heterocycles. The van der Waals surface area contributed by atoms with Crippen molar-refractivity contribution in [2.24, 2.45) is 5.92 Å². The SMILES string of the molecule is CC1CN(C(=O)c2ccc(Br)cc2N)CC1N(C)C. The first-order valence-electron chi connectivity index (χ1n) is 6.41. The zero-order chi connectivity index (χ0) is 14.2. The highest BCUT2D eigenvalue weighted by Gasteiger charge is 2.34. The molecule has 1 fully saturated rings. The smallest absolute Gasteiger partial charge is 0.256 e. The fraction of sp³-hybridized carbons (Fsp3) is 0.500. The molecule has 1 amide bonds. The molecular weight excluding hydrogens is 306 g/mol. The summed E-state index contributed by atoms with van der Waals surface area (Å²) in [7, 11) is 4.12. The molecule has 1 aromatic rings. The van der Waals surface area contributed by atoms with E-state index in [2.05, 4.69) is 41.8 Å². The minimum atomic E-state index is 0.0289. The molecular formula is C14H20BrN3O. The molecule has 2 rings (SSSR count). The third-order valence-electron chi connectivity index (χ3n) is 3.77. The van der Waals surface area contributed by atoms with Crippen molar-refractivity contribution in [2.45, 2.75) is 13.0 Å². The number of nitrogens with two attached hydrogens (primary N) is 1. The van der Waals surface area contributed by atoms with E-state index in [1.54, 1.807) is 12.1 Å². The number of hydrogen-bond acceptors (Lipinski definition) is 3. The van der Waals surface area contributed by atoms with Crippen LogP contribution in [-0.4, -0.2) is 48.9 Å². The highest BCUT2D eigenvalue weighted by Crippen LogP contribution is 2.25. The second kappa shape index (κ2) is 5.51. The zero-order valence-electron chi connectivity index (χ0n) is 11.6. The average Bonchev–Trinajstić information content (AvgIpc) is 2.70. The minimum absolute atomic E-state index is 0.0289. The van der Waals surface area contributed by atoms with Gasteiger partial charge in [0.1, 0.15) is 0 Å². The summed E-state index contributed by atoms with van der Waals surface area (Å²) in [5, 5.41) is 0. The van der Waals surface area contributed by atoms with Gasteiger partial charge in [-0.15, -0.1) is 0 Å². The predicted molar refractivity (Wildman–Crippen MR) is 81.1 cm³/mol. The number of carbonyl (C=O) groups is 1. The van der Waals surface area contributed by atoms with Gasteiger partial charge in [-0.3, -0.25) is 4.79 Å². The van der Waals surface area contributed by atoms with Crippen LogP contribution in [0.25, 0.3) is 0 Å². The topological polar surface area (TPSA) is 49.6 Å². The van der Waals surface area contributed by atoms with Crippen LogP contribution in [0.3, 0.4) is 0 Å². The monoisotopic (exact) mass is 325 g/mol. The molecule has 5 heteroatoms. The second-order valence-electron chi connectivity index (χ2n) is 5.45. The largest absolute Gasteiger partial charge is 0.398 e. The summed E-state index contributed by atoms with van der Waals surface area (Å²) in [5.74, 6) is 0.511. The molecule has 1 aromatic carbocycles. The number of halogens is 1. The lowest BCUT2D eigenvalue weighted by atomic mass is 10.1. The number of anilines is 1. The second-order valence-corrected chi connectivity index (χ2v) is 6.37. The number of amides is 1. The van der Waals surface area contributed by atoms with E-state index in [9.17, 15) is 4.79 Å². The van der Waals surface area contributed by atoms with E-state index in [0.717, 1.165) is 17.6 Å². The van der Waals surface area contributed by atoms with E-state index in [1.807, 2.05) is 11.0 Å². The van der Waals surface area contributed by atoms with E-state index in [0.29, 0.717) is 23.2 Å². The molecule has 0 saturated carbocycles. The van der Waals surface area contributed by atoms with Gasteiger partial charge >= 0.3 is 0 Å². The van der Waals surface area contributed by atoms with E-state index < -0.39 is 0 Å². The summed E-state index contributed by atoms with van der Waals surface area (Å²) in [4.78, 5) is 16.6. The number of carbonyl (C=O) groups excluding carboxylic acids is 1. The molecule has 2 atom stereocenters. The Kier molecular flexibility index (Phi) is 4.16. The van der Waals surface area contributed by atoms with Crippen LogP contribution < -0.4 is 5.73 Å². The third kappa shape index (κ3) is 2.92. The van der Waals surface area contributed by atoms with Crippen molar-refractivity contribution in [3.05, 3.63) is 28.2 Å². The molecule has 1 aliphatic rings. The van der Waals surface area contributed by atoms with E-state index in [1.165, 1.54) is 0 Å². The van der Waals surface area contributed by atoms with Crippen LogP contribution in [-0.2, 0) is 0 Å².